The van der Waals surface area contributed by atoms with Gasteiger partial charge >= 0.3 is 0 Å². The van der Waals surface area contributed by atoms with E-state index >= 15 is 0 Å². The molecule has 0 saturated carbocycles. The molecule has 8 rings (SSSR count). The van der Waals surface area contributed by atoms with Crippen LogP contribution < -0.4 is 9.80 Å². The van der Waals surface area contributed by atoms with Gasteiger partial charge in [-0.3, -0.25) is 0 Å². The van der Waals surface area contributed by atoms with Crippen LogP contribution in [0.15, 0.2) is 146 Å². The molecule has 0 saturated heterocycles. The van der Waals surface area contributed by atoms with Gasteiger partial charge in [-0.1, -0.05) is 111 Å². The summed E-state index contributed by atoms with van der Waals surface area (Å²) in [5, 5.41) is 17.1. The lowest BCUT2D eigenvalue weighted by molar-refractivity contribution is 0.591. The Balaban J connectivity index is 1.54. The maximum absolute atomic E-state index is 9.69. The second-order valence-electron chi connectivity index (χ2n) is 14.4. The molecule has 0 amide bonds. The summed E-state index contributed by atoms with van der Waals surface area (Å²) in [7, 11) is 0. The maximum atomic E-state index is 9.69. The average Bonchev–Trinajstić information content (AvgIpc) is 3.13. The van der Waals surface area contributed by atoms with Crippen molar-refractivity contribution >= 4 is 66.4 Å². The van der Waals surface area contributed by atoms with Crippen molar-refractivity contribution in [1.29, 1.82) is 5.26 Å². The van der Waals surface area contributed by atoms with Crippen LogP contribution in [0.5, 0.6) is 0 Å². The van der Waals surface area contributed by atoms with Crippen LogP contribution in [-0.2, 0) is 5.41 Å². The van der Waals surface area contributed by atoms with Crippen molar-refractivity contribution in [3.05, 3.63) is 168 Å². The standard InChI is InChI=1S/C47H39N3/c1-31-16-25-42(32(2)26-31)50(39-21-17-33(30-48)18-22-39)44-29-43(49(37-12-8-6-9-13-37)38-14-10-7-11-15-38)40-23-19-34-27-36(47(3,4)5)28-35-20-24-41(44)46(40)45(34)35/h6-29H,1-5H3. The second kappa shape index (κ2) is 12.1. The Morgan fingerprint density at radius 1 is 0.500 bits per heavy atom. The topological polar surface area (TPSA) is 30.3 Å². The number of benzene rings is 8. The summed E-state index contributed by atoms with van der Waals surface area (Å²) in [5.41, 5.74) is 10.8. The molecule has 8 aromatic rings. The van der Waals surface area contributed by atoms with Gasteiger partial charge in [0.05, 0.1) is 23.0 Å². The highest BCUT2D eigenvalue weighted by Crippen LogP contribution is 2.50. The molecule has 0 N–H and O–H groups in total. The van der Waals surface area contributed by atoms with Gasteiger partial charge in [0, 0.05) is 38.9 Å². The Hall–Kier alpha value is -6.11. The zero-order valence-corrected chi connectivity index (χ0v) is 29.2. The summed E-state index contributed by atoms with van der Waals surface area (Å²) in [6.45, 7) is 11.2. The van der Waals surface area contributed by atoms with Crippen LogP contribution in [0, 0.1) is 25.2 Å². The second-order valence-corrected chi connectivity index (χ2v) is 14.4. The van der Waals surface area contributed by atoms with Crippen LogP contribution in [0.2, 0.25) is 0 Å². The first-order chi connectivity index (χ1) is 24.2. The largest absolute Gasteiger partial charge is 0.310 e. The van der Waals surface area contributed by atoms with Crippen molar-refractivity contribution < 1.29 is 0 Å². The molecule has 0 bridgehead atoms. The molecule has 242 valence electrons. The summed E-state index contributed by atoms with van der Waals surface area (Å²) in [6.07, 6.45) is 0. The van der Waals surface area contributed by atoms with Crippen molar-refractivity contribution in [2.75, 3.05) is 9.80 Å². The number of rotatable bonds is 6. The number of anilines is 6. The number of hydrogen-bond donors (Lipinski definition) is 0. The summed E-state index contributed by atoms with van der Waals surface area (Å²) < 4.78 is 0. The zero-order valence-electron chi connectivity index (χ0n) is 29.2. The van der Waals surface area contributed by atoms with Crippen molar-refractivity contribution in [3.8, 4) is 6.07 Å². The van der Waals surface area contributed by atoms with Crippen LogP contribution in [0.25, 0.3) is 32.3 Å². The van der Waals surface area contributed by atoms with Crippen molar-refractivity contribution in [1.82, 2.24) is 0 Å². The Kier molecular flexibility index (Phi) is 7.54. The molecule has 0 atom stereocenters. The molecule has 0 unspecified atom stereocenters. The van der Waals surface area contributed by atoms with E-state index in [4.69, 9.17) is 0 Å². The van der Waals surface area contributed by atoms with Crippen molar-refractivity contribution in [3.63, 3.8) is 0 Å². The molecule has 3 heteroatoms. The predicted octanol–water partition coefficient (Wildman–Crippen LogP) is 13.3. The fourth-order valence-electron chi connectivity index (χ4n) is 7.41. The van der Waals surface area contributed by atoms with Crippen LogP contribution >= 0.6 is 0 Å². The SMILES string of the molecule is Cc1ccc(N(c2ccc(C#N)cc2)c2cc(N(c3ccccc3)c3ccccc3)c3ccc4cc(C(C)(C)C)cc5ccc2c3c45)c(C)c1. The highest BCUT2D eigenvalue weighted by molar-refractivity contribution is 6.29. The number of aryl methyl sites for hydroxylation is 2. The summed E-state index contributed by atoms with van der Waals surface area (Å²) in [6, 6.07) is 54.6. The number of para-hydroxylation sites is 2. The molecule has 0 aliphatic rings. The Labute approximate surface area is 294 Å². The highest BCUT2D eigenvalue weighted by atomic mass is 15.2. The van der Waals surface area contributed by atoms with Crippen LogP contribution in [0.4, 0.5) is 34.1 Å². The van der Waals surface area contributed by atoms with Gasteiger partial charge in [-0.15, -0.1) is 0 Å². The summed E-state index contributed by atoms with van der Waals surface area (Å²) in [5.74, 6) is 0. The van der Waals surface area contributed by atoms with Crippen molar-refractivity contribution in [2.45, 2.75) is 40.0 Å². The lowest BCUT2D eigenvalue weighted by Crippen LogP contribution is -2.15. The van der Waals surface area contributed by atoms with Gasteiger partial charge in [0.2, 0.25) is 0 Å². The van der Waals surface area contributed by atoms with Crippen LogP contribution in [0.3, 0.4) is 0 Å². The molecule has 50 heavy (non-hydrogen) atoms. The first-order valence-corrected chi connectivity index (χ1v) is 17.2. The molecule has 0 heterocycles. The lowest BCUT2D eigenvalue weighted by Gasteiger charge is -2.33. The van der Waals surface area contributed by atoms with Gasteiger partial charge in [0.1, 0.15) is 0 Å². The van der Waals surface area contributed by atoms with Gasteiger partial charge in [0.15, 0.2) is 0 Å². The lowest BCUT2D eigenvalue weighted by atomic mass is 9.83. The molecule has 0 aromatic heterocycles. The molecular formula is C47H39N3. The van der Waals surface area contributed by atoms with E-state index in [9.17, 15) is 5.26 Å². The molecule has 0 spiro atoms. The van der Waals surface area contributed by atoms with E-state index in [1.54, 1.807) is 0 Å². The zero-order chi connectivity index (χ0) is 34.6. The fourth-order valence-corrected chi connectivity index (χ4v) is 7.41. The Bertz CT molecular complexity index is 2480. The van der Waals surface area contributed by atoms with Gasteiger partial charge in [-0.2, -0.15) is 5.26 Å². The van der Waals surface area contributed by atoms with Gasteiger partial charge in [0.25, 0.3) is 0 Å². The minimum atomic E-state index is 0.0214. The minimum absolute atomic E-state index is 0.0214. The first-order valence-electron chi connectivity index (χ1n) is 17.2. The minimum Gasteiger partial charge on any atom is -0.310 e. The predicted molar refractivity (Wildman–Crippen MR) is 212 cm³/mol. The van der Waals surface area contributed by atoms with E-state index in [1.807, 2.05) is 12.1 Å². The Morgan fingerprint density at radius 3 is 1.56 bits per heavy atom. The quantitative estimate of drug-likeness (QED) is 0.169. The van der Waals surface area contributed by atoms with E-state index in [0.29, 0.717) is 5.56 Å². The highest BCUT2D eigenvalue weighted by Gasteiger charge is 2.26. The van der Waals surface area contributed by atoms with Crippen molar-refractivity contribution in [2.24, 2.45) is 0 Å². The van der Waals surface area contributed by atoms with E-state index in [-0.39, 0.29) is 5.41 Å². The summed E-state index contributed by atoms with van der Waals surface area (Å²) in [4.78, 5) is 4.76. The Morgan fingerprint density at radius 2 is 1.04 bits per heavy atom. The molecular weight excluding hydrogens is 607 g/mol. The summed E-state index contributed by atoms with van der Waals surface area (Å²) >= 11 is 0. The smallest absolute Gasteiger partial charge is 0.0991 e. The van der Waals surface area contributed by atoms with Crippen LogP contribution in [-0.4, -0.2) is 0 Å². The molecule has 0 aliphatic heterocycles. The normalized spacial score (nSPS) is 11.7. The van der Waals surface area contributed by atoms with Crippen LogP contribution in [0.1, 0.15) is 43.0 Å². The molecule has 0 radical (unpaired) electrons. The van der Waals surface area contributed by atoms with Gasteiger partial charge in [-0.25, -0.2) is 0 Å². The molecule has 0 aliphatic carbocycles. The number of nitriles is 1. The van der Waals surface area contributed by atoms with E-state index in [2.05, 4.69) is 184 Å². The van der Waals surface area contributed by atoms with E-state index in [0.717, 1.165) is 34.1 Å². The molecule has 0 fully saturated rings. The maximum Gasteiger partial charge on any atom is 0.0991 e. The third kappa shape index (κ3) is 5.31. The molecule has 8 aromatic carbocycles. The number of hydrogen-bond acceptors (Lipinski definition) is 3. The third-order valence-corrected chi connectivity index (χ3v) is 9.90. The third-order valence-electron chi connectivity index (χ3n) is 9.90. The van der Waals surface area contributed by atoms with E-state index in [1.165, 1.54) is 49.0 Å². The first kappa shape index (κ1) is 31.2. The van der Waals surface area contributed by atoms with Gasteiger partial charge < -0.3 is 9.80 Å². The average molecular weight is 646 g/mol. The van der Waals surface area contributed by atoms with E-state index < -0.39 is 0 Å². The molecule has 3 nitrogen and oxygen atoms in total. The number of nitrogens with zero attached hydrogens (tertiary/aromatic N) is 3. The monoisotopic (exact) mass is 645 g/mol. The fraction of sp³-hybridized carbons (Fsp3) is 0.128. The van der Waals surface area contributed by atoms with Gasteiger partial charge in [-0.05, 0) is 107 Å².